The summed E-state index contributed by atoms with van der Waals surface area (Å²) < 4.78 is 38.8. The third-order valence-corrected chi connectivity index (χ3v) is 8.56. The number of carbonyl (C=O) groups is 1. The second-order valence-corrected chi connectivity index (χ2v) is 10.8. The zero-order valence-corrected chi connectivity index (χ0v) is 20.4. The van der Waals surface area contributed by atoms with Crippen LogP contribution in [0.15, 0.2) is 23.1 Å². The molecule has 4 atom stereocenters. The van der Waals surface area contributed by atoms with Crippen LogP contribution in [0.3, 0.4) is 0 Å². The molecule has 32 heavy (non-hydrogen) atoms. The van der Waals surface area contributed by atoms with Gasteiger partial charge in [-0.2, -0.15) is 4.31 Å². The zero-order chi connectivity index (χ0) is 23.3. The van der Waals surface area contributed by atoms with Crippen LogP contribution in [0, 0.1) is 11.8 Å². The molecule has 9 heteroatoms. The summed E-state index contributed by atoms with van der Waals surface area (Å²) in [4.78, 5) is 12.9. The van der Waals surface area contributed by atoms with Gasteiger partial charge in [0.1, 0.15) is 16.7 Å². The van der Waals surface area contributed by atoms with Gasteiger partial charge in [-0.15, -0.1) is 0 Å². The highest BCUT2D eigenvalue weighted by Gasteiger charge is 2.31. The van der Waals surface area contributed by atoms with Crippen molar-refractivity contribution in [3.8, 4) is 5.75 Å². The van der Waals surface area contributed by atoms with Crippen LogP contribution in [0.1, 0.15) is 47.0 Å². The number of rotatable bonds is 8. The van der Waals surface area contributed by atoms with Crippen LogP contribution in [0.25, 0.3) is 0 Å². The predicted octanol–water partition coefficient (Wildman–Crippen LogP) is 2.85. The van der Waals surface area contributed by atoms with E-state index >= 15 is 0 Å². The maximum Gasteiger partial charge on any atom is 0.246 e. The molecule has 1 amide bonds. The van der Waals surface area contributed by atoms with Crippen LogP contribution in [-0.4, -0.2) is 63.6 Å². The Balaban J connectivity index is 1.75. The molecule has 0 bridgehead atoms. The van der Waals surface area contributed by atoms with E-state index in [2.05, 4.69) is 24.5 Å². The fourth-order valence-corrected chi connectivity index (χ4v) is 5.97. The Morgan fingerprint density at radius 1 is 1.25 bits per heavy atom. The molecule has 0 unspecified atom stereocenters. The summed E-state index contributed by atoms with van der Waals surface area (Å²) in [6, 6.07) is 4.63. The molecule has 1 aliphatic heterocycles. The summed E-state index contributed by atoms with van der Waals surface area (Å²) in [6.07, 6.45) is 3.32. The minimum absolute atomic E-state index is 0.0811. The van der Waals surface area contributed by atoms with E-state index in [0.717, 1.165) is 12.8 Å². The van der Waals surface area contributed by atoms with E-state index in [1.54, 1.807) is 25.1 Å². The summed E-state index contributed by atoms with van der Waals surface area (Å²) in [5.41, 5.74) is 0.563. The fourth-order valence-electron chi connectivity index (χ4n) is 4.41. The molecule has 3 rings (SSSR count). The number of carbonyl (C=O) groups excluding carboxylic acids is 1. The van der Waals surface area contributed by atoms with Crippen molar-refractivity contribution in [2.24, 2.45) is 11.8 Å². The maximum absolute atomic E-state index is 13.3. The molecule has 2 fully saturated rings. The normalized spacial score (nSPS) is 25.7. The first-order valence-electron chi connectivity index (χ1n) is 11.7. The third kappa shape index (κ3) is 5.74. The summed E-state index contributed by atoms with van der Waals surface area (Å²) in [6.45, 7) is 9.76. The highest BCUT2D eigenvalue weighted by Crippen LogP contribution is 2.31. The maximum atomic E-state index is 13.3. The van der Waals surface area contributed by atoms with Crippen molar-refractivity contribution in [2.45, 2.75) is 63.9 Å². The quantitative estimate of drug-likeness (QED) is 0.610. The molecule has 1 saturated heterocycles. The first-order chi connectivity index (χ1) is 15.2. The largest absolute Gasteiger partial charge is 0.492 e. The van der Waals surface area contributed by atoms with Gasteiger partial charge in [-0.1, -0.05) is 26.7 Å². The van der Waals surface area contributed by atoms with Crippen molar-refractivity contribution < 1.29 is 22.7 Å². The molecule has 1 saturated carbocycles. The van der Waals surface area contributed by atoms with Gasteiger partial charge in [0, 0.05) is 24.8 Å². The topological polar surface area (TPSA) is 97.0 Å². The lowest BCUT2D eigenvalue weighted by Gasteiger charge is -2.35. The highest BCUT2D eigenvalue weighted by molar-refractivity contribution is 7.89. The van der Waals surface area contributed by atoms with Crippen LogP contribution in [-0.2, 0) is 19.6 Å². The number of sulfonamides is 1. The fraction of sp³-hybridized carbons (Fsp3) is 0.696. The average molecular weight is 468 g/mol. The van der Waals surface area contributed by atoms with Crippen LogP contribution >= 0.6 is 0 Å². The summed E-state index contributed by atoms with van der Waals surface area (Å²) in [7, 11) is -3.74. The zero-order valence-electron chi connectivity index (χ0n) is 19.6. The van der Waals surface area contributed by atoms with E-state index in [9.17, 15) is 13.2 Å². The molecule has 180 valence electrons. The van der Waals surface area contributed by atoms with Gasteiger partial charge in [0.25, 0.3) is 0 Å². The average Bonchev–Trinajstić information content (AvgIpc) is 2.78. The Labute approximate surface area is 192 Å². The second-order valence-electron chi connectivity index (χ2n) is 8.86. The van der Waals surface area contributed by atoms with Gasteiger partial charge >= 0.3 is 0 Å². The molecule has 1 aromatic rings. The molecule has 1 aromatic carbocycles. The third-order valence-electron chi connectivity index (χ3n) is 6.64. The number of ether oxygens (including phenoxy) is 2. The predicted molar refractivity (Wildman–Crippen MR) is 124 cm³/mol. The van der Waals surface area contributed by atoms with Crippen LogP contribution in [0.5, 0.6) is 5.75 Å². The minimum Gasteiger partial charge on any atom is -0.492 e. The van der Waals surface area contributed by atoms with E-state index in [-0.39, 0.29) is 16.8 Å². The van der Waals surface area contributed by atoms with Gasteiger partial charge in [-0.25, -0.2) is 8.42 Å². The molecular weight excluding hydrogens is 430 g/mol. The second kappa shape index (κ2) is 10.9. The van der Waals surface area contributed by atoms with Gasteiger partial charge in [-0.05, 0) is 50.3 Å². The Hall–Kier alpha value is -1.84. The number of hydrogen-bond donors (Lipinski definition) is 2. The lowest BCUT2D eigenvalue weighted by molar-refractivity contribution is -0.123. The van der Waals surface area contributed by atoms with Gasteiger partial charge in [-0.3, -0.25) is 4.79 Å². The number of benzene rings is 1. The molecular formula is C23H37N3O5S. The van der Waals surface area contributed by atoms with Crippen molar-refractivity contribution in [2.75, 3.05) is 38.2 Å². The monoisotopic (exact) mass is 467 g/mol. The molecule has 8 nitrogen and oxygen atoms in total. The van der Waals surface area contributed by atoms with Gasteiger partial charge in [0.05, 0.1) is 19.8 Å². The molecule has 1 aliphatic carbocycles. The van der Waals surface area contributed by atoms with Crippen molar-refractivity contribution in [3.05, 3.63) is 18.2 Å². The Bertz CT molecular complexity index is 886. The number of nitrogens with one attached hydrogen (secondary N) is 2. The smallest absolute Gasteiger partial charge is 0.246 e. The van der Waals surface area contributed by atoms with E-state index in [4.69, 9.17) is 9.47 Å². The Morgan fingerprint density at radius 2 is 1.97 bits per heavy atom. The van der Waals surface area contributed by atoms with Crippen molar-refractivity contribution in [1.82, 2.24) is 9.62 Å². The number of hydrogen-bond acceptors (Lipinski definition) is 6. The van der Waals surface area contributed by atoms with E-state index in [0.29, 0.717) is 56.2 Å². The lowest BCUT2D eigenvalue weighted by atomic mass is 9.78. The number of morpholine rings is 1. The molecule has 0 radical (unpaired) electrons. The van der Waals surface area contributed by atoms with Gasteiger partial charge < -0.3 is 20.1 Å². The Morgan fingerprint density at radius 3 is 2.66 bits per heavy atom. The summed E-state index contributed by atoms with van der Waals surface area (Å²) in [5, 5.41) is 6.35. The molecule has 2 aliphatic rings. The van der Waals surface area contributed by atoms with Crippen molar-refractivity contribution in [1.29, 1.82) is 0 Å². The van der Waals surface area contributed by atoms with Crippen molar-refractivity contribution in [3.63, 3.8) is 0 Å². The summed E-state index contributed by atoms with van der Waals surface area (Å²) in [5.74, 6) is 1.26. The lowest BCUT2D eigenvalue weighted by Crippen LogP contribution is -2.48. The first-order valence-corrected chi connectivity index (χ1v) is 13.1. The number of anilines is 1. The summed E-state index contributed by atoms with van der Waals surface area (Å²) >= 11 is 0. The van der Waals surface area contributed by atoms with Crippen molar-refractivity contribution >= 4 is 21.6 Å². The molecule has 1 heterocycles. The van der Waals surface area contributed by atoms with Crippen LogP contribution in [0.2, 0.25) is 0 Å². The van der Waals surface area contributed by atoms with Gasteiger partial charge in [0.15, 0.2) is 0 Å². The molecule has 0 aromatic heterocycles. The van der Waals surface area contributed by atoms with Crippen LogP contribution < -0.4 is 15.4 Å². The van der Waals surface area contributed by atoms with E-state index < -0.39 is 16.1 Å². The van der Waals surface area contributed by atoms with E-state index in [1.165, 1.54) is 10.7 Å². The standard InChI is InChI=1S/C23H37N3O5S/c1-5-31-21-10-9-19(15-22(21)32(28,29)26-11-13-30-14-12-26)24-18(4)23(27)25-20-8-6-7-16(2)17(20)3/h9-10,15-18,20,24H,5-8,11-14H2,1-4H3,(H,25,27)/t16-,17+,18+,20+/m0/s1. The minimum atomic E-state index is -3.74. The Kier molecular flexibility index (Phi) is 8.41. The number of nitrogens with zero attached hydrogens (tertiary/aromatic N) is 1. The highest BCUT2D eigenvalue weighted by atomic mass is 32.2. The SMILES string of the molecule is CCOc1ccc(N[C@H](C)C(=O)N[C@@H]2CCC[C@H](C)[C@H]2C)cc1S(=O)(=O)N1CCOCC1. The molecule has 0 spiro atoms. The number of amides is 1. The van der Waals surface area contributed by atoms with Gasteiger partial charge in [0.2, 0.25) is 15.9 Å². The molecule has 2 N–H and O–H groups in total. The van der Waals surface area contributed by atoms with E-state index in [1.807, 2.05) is 6.92 Å². The first kappa shape index (κ1) is 24.8. The van der Waals surface area contributed by atoms with Crippen LogP contribution in [0.4, 0.5) is 5.69 Å².